The second-order valence-electron chi connectivity index (χ2n) is 5.52. The van der Waals surface area contributed by atoms with Gasteiger partial charge in [0.15, 0.2) is 0 Å². The number of hydrogen-bond acceptors (Lipinski definition) is 4. The molecule has 1 N–H and O–H groups in total. The second kappa shape index (κ2) is 6.24. The molecule has 0 bridgehead atoms. The molecule has 1 aliphatic heterocycles. The predicted octanol–water partition coefficient (Wildman–Crippen LogP) is 1.99. The fourth-order valence-electron chi connectivity index (χ4n) is 2.69. The highest BCUT2D eigenvalue weighted by atomic mass is 16.3. The summed E-state index contributed by atoms with van der Waals surface area (Å²) in [6, 6.07) is 12.1. The lowest BCUT2D eigenvalue weighted by atomic mass is 10.1. The molecule has 1 fully saturated rings. The minimum Gasteiger partial charge on any atom is -0.392 e. The van der Waals surface area contributed by atoms with E-state index in [-0.39, 0.29) is 6.61 Å². The van der Waals surface area contributed by atoms with E-state index in [1.165, 1.54) is 5.69 Å². The third-order valence-electron chi connectivity index (χ3n) is 4.04. The molecule has 1 aromatic carbocycles. The summed E-state index contributed by atoms with van der Waals surface area (Å²) in [4.78, 5) is 9.34. The van der Waals surface area contributed by atoms with Crippen molar-refractivity contribution in [3.63, 3.8) is 0 Å². The van der Waals surface area contributed by atoms with E-state index in [4.69, 9.17) is 5.11 Å². The molecule has 3 rings (SSSR count). The van der Waals surface area contributed by atoms with Gasteiger partial charge < -0.3 is 14.9 Å². The van der Waals surface area contributed by atoms with E-state index in [9.17, 15) is 0 Å². The van der Waals surface area contributed by atoms with Gasteiger partial charge >= 0.3 is 0 Å². The fraction of sp³-hybridized carbons (Fsp3) is 0.353. The van der Waals surface area contributed by atoms with Crippen LogP contribution >= 0.6 is 0 Å². The summed E-state index contributed by atoms with van der Waals surface area (Å²) in [5.41, 5.74) is 4.24. The van der Waals surface area contributed by atoms with Crippen LogP contribution in [0.15, 0.2) is 42.6 Å². The molecule has 0 atom stereocenters. The van der Waals surface area contributed by atoms with Gasteiger partial charge in [0.05, 0.1) is 18.0 Å². The maximum atomic E-state index is 9.15. The van der Waals surface area contributed by atoms with Crippen molar-refractivity contribution in [2.24, 2.45) is 0 Å². The standard InChI is InChI=1S/C17H21N3O/c1-19-9-11-20(12-10-19)16-3-2-8-18-17(16)15-6-4-14(13-21)5-7-15/h2-8,21H,9-13H2,1H3. The minimum absolute atomic E-state index is 0.0772. The number of hydrogen-bond donors (Lipinski definition) is 1. The van der Waals surface area contributed by atoms with E-state index in [1.807, 2.05) is 36.5 Å². The van der Waals surface area contributed by atoms with Gasteiger partial charge in [0.2, 0.25) is 0 Å². The normalized spacial score (nSPS) is 16.2. The Labute approximate surface area is 125 Å². The number of likely N-dealkylation sites (N-methyl/N-ethyl adjacent to an activating group) is 1. The summed E-state index contributed by atoms with van der Waals surface area (Å²) in [6.07, 6.45) is 1.84. The van der Waals surface area contributed by atoms with Gasteiger partial charge in [-0.15, -0.1) is 0 Å². The van der Waals surface area contributed by atoms with Crippen LogP contribution < -0.4 is 4.90 Å². The number of rotatable bonds is 3. The number of aliphatic hydroxyl groups is 1. The molecular formula is C17H21N3O. The summed E-state index contributed by atoms with van der Waals surface area (Å²) in [5, 5.41) is 9.15. The van der Waals surface area contributed by atoms with Gasteiger partial charge in [0.1, 0.15) is 0 Å². The molecular weight excluding hydrogens is 262 g/mol. The first-order valence-electron chi connectivity index (χ1n) is 7.36. The van der Waals surface area contributed by atoms with Gasteiger partial charge in [-0.1, -0.05) is 24.3 Å². The van der Waals surface area contributed by atoms with Crippen molar-refractivity contribution in [2.45, 2.75) is 6.61 Å². The first-order valence-corrected chi connectivity index (χ1v) is 7.36. The van der Waals surface area contributed by atoms with Gasteiger partial charge in [-0.05, 0) is 24.7 Å². The predicted molar refractivity (Wildman–Crippen MR) is 85.3 cm³/mol. The Hall–Kier alpha value is -1.91. The highest BCUT2D eigenvalue weighted by Gasteiger charge is 2.18. The Bertz CT molecular complexity index is 589. The van der Waals surface area contributed by atoms with Gasteiger partial charge in [-0.2, -0.15) is 0 Å². The quantitative estimate of drug-likeness (QED) is 0.935. The maximum absolute atomic E-state index is 9.15. The Balaban J connectivity index is 1.91. The third-order valence-corrected chi connectivity index (χ3v) is 4.04. The molecule has 2 heterocycles. The van der Waals surface area contributed by atoms with Crippen molar-refractivity contribution in [1.82, 2.24) is 9.88 Å². The van der Waals surface area contributed by atoms with Crippen molar-refractivity contribution in [3.8, 4) is 11.3 Å². The smallest absolute Gasteiger partial charge is 0.0935 e. The Morgan fingerprint density at radius 1 is 1.05 bits per heavy atom. The van der Waals surface area contributed by atoms with Crippen LogP contribution in [0.3, 0.4) is 0 Å². The minimum atomic E-state index is 0.0772. The summed E-state index contributed by atoms with van der Waals surface area (Å²) >= 11 is 0. The van der Waals surface area contributed by atoms with E-state index in [1.54, 1.807) is 0 Å². The average Bonchev–Trinajstić information content (AvgIpc) is 2.56. The van der Waals surface area contributed by atoms with Crippen molar-refractivity contribution in [2.75, 3.05) is 38.1 Å². The van der Waals surface area contributed by atoms with Crippen LogP contribution in [0.1, 0.15) is 5.56 Å². The number of pyridine rings is 1. The second-order valence-corrected chi connectivity index (χ2v) is 5.52. The summed E-state index contributed by atoms with van der Waals surface area (Å²) in [6.45, 7) is 4.30. The largest absolute Gasteiger partial charge is 0.392 e. The van der Waals surface area contributed by atoms with Crippen LogP contribution in [-0.2, 0) is 6.61 Å². The molecule has 0 unspecified atom stereocenters. The van der Waals surface area contributed by atoms with Crippen LogP contribution in [0.2, 0.25) is 0 Å². The van der Waals surface area contributed by atoms with E-state index >= 15 is 0 Å². The average molecular weight is 283 g/mol. The SMILES string of the molecule is CN1CCN(c2cccnc2-c2ccc(CO)cc2)CC1. The van der Waals surface area contributed by atoms with Crippen molar-refractivity contribution < 1.29 is 5.11 Å². The molecule has 0 spiro atoms. The highest BCUT2D eigenvalue weighted by Crippen LogP contribution is 2.29. The molecule has 1 aromatic heterocycles. The molecule has 0 saturated carbocycles. The zero-order valence-corrected chi connectivity index (χ0v) is 12.4. The van der Waals surface area contributed by atoms with Crippen LogP contribution in [0.5, 0.6) is 0 Å². The van der Waals surface area contributed by atoms with E-state index in [0.29, 0.717) is 0 Å². The zero-order valence-electron chi connectivity index (χ0n) is 12.4. The van der Waals surface area contributed by atoms with Crippen molar-refractivity contribution in [1.29, 1.82) is 0 Å². The first kappa shape index (κ1) is 14.0. The zero-order chi connectivity index (χ0) is 14.7. The summed E-state index contributed by atoms with van der Waals surface area (Å²) < 4.78 is 0. The topological polar surface area (TPSA) is 39.6 Å². The molecule has 21 heavy (non-hydrogen) atoms. The Morgan fingerprint density at radius 3 is 2.43 bits per heavy atom. The molecule has 110 valence electrons. The van der Waals surface area contributed by atoms with E-state index in [0.717, 1.165) is 43.0 Å². The molecule has 0 amide bonds. The first-order chi connectivity index (χ1) is 10.3. The molecule has 4 heteroatoms. The van der Waals surface area contributed by atoms with Crippen molar-refractivity contribution >= 4 is 5.69 Å². The summed E-state index contributed by atoms with van der Waals surface area (Å²) in [5.74, 6) is 0. The van der Waals surface area contributed by atoms with E-state index in [2.05, 4.69) is 27.9 Å². The molecule has 4 nitrogen and oxygen atoms in total. The van der Waals surface area contributed by atoms with Gasteiger partial charge in [-0.25, -0.2) is 0 Å². The van der Waals surface area contributed by atoms with Crippen LogP contribution in [0, 0.1) is 0 Å². The molecule has 0 aliphatic carbocycles. The maximum Gasteiger partial charge on any atom is 0.0935 e. The fourth-order valence-corrected chi connectivity index (χ4v) is 2.69. The van der Waals surface area contributed by atoms with Gasteiger partial charge in [0.25, 0.3) is 0 Å². The molecule has 0 radical (unpaired) electrons. The summed E-state index contributed by atoms with van der Waals surface area (Å²) in [7, 11) is 2.16. The number of anilines is 1. The van der Waals surface area contributed by atoms with Crippen molar-refractivity contribution in [3.05, 3.63) is 48.2 Å². The third kappa shape index (κ3) is 3.06. The Kier molecular flexibility index (Phi) is 4.18. The lowest BCUT2D eigenvalue weighted by molar-refractivity contribution is 0.282. The number of aromatic nitrogens is 1. The number of nitrogens with zero attached hydrogens (tertiary/aromatic N) is 3. The van der Waals surface area contributed by atoms with E-state index < -0.39 is 0 Å². The number of benzene rings is 1. The number of aliphatic hydroxyl groups excluding tert-OH is 1. The monoisotopic (exact) mass is 283 g/mol. The molecule has 1 aliphatic rings. The Morgan fingerprint density at radius 2 is 1.76 bits per heavy atom. The lowest BCUT2D eigenvalue weighted by Crippen LogP contribution is -2.44. The van der Waals surface area contributed by atoms with Gasteiger partial charge in [0, 0.05) is 37.9 Å². The van der Waals surface area contributed by atoms with Crippen LogP contribution in [0.25, 0.3) is 11.3 Å². The van der Waals surface area contributed by atoms with Crippen LogP contribution in [-0.4, -0.2) is 48.2 Å². The number of piperazine rings is 1. The van der Waals surface area contributed by atoms with Gasteiger partial charge in [-0.3, -0.25) is 4.98 Å². The molecule has 1 saturated heterocycles. The molecule has 2 aromatic rings. The lowest BCUT2D eigenvalue weighted by Gasteiger charge is -2.34. The van der Waals surface area contributed by atoms with Crippen LogP contribution in [0.4, 0.5) is 5.69 Å². The highest BCUT2D eigenvalue weighted by molar-refractivity contribution is 5.75.